The van der Waals surface area contributed by atoms with Crippen LogP contribution in [0.3, 0.4) is 0 Å². The minimum Gasteiger partial charge on any atom is -0.330 e. The van der Waals surface area contributed by atoms with Crippen LogP contribution in [0.4, 0.5) is 0 Å². The van der Waals surface area contributed by atoms with Gasteiger partial charge in [0.15, 0.2) is 5.78 Å². The number of carbonyl (C=O) groups excluding carboxylic acids is 1. The first-order valence-electron chi connectivity index (χ1n) is 6.21. The molecule has 0 bridgehead atoms. The van der Waals surface area contributed by atoms with Gasteiger partial charge in [0, 0.05) is 18.8 Å². The van der Waals surface area contributed by atoms with Gasteiger partial charge in [-0.15, -0.1) is 0 Å². The maximum absolute atomic E-state index is 11.9. The van der Waals surface area contributed by atoms with Crippen molar-refractivity contribution in [2.45, 2.75) is 32.7 Å². The van der Waals surface area contributed by atoms with Crippen molar-refractivity contribution in [2.75, 3.05) is 0 Å². The molecule has 0 N–H and O–H groups in total. The van der Waals surface area contributed by atoms with Gasteiger partial charge in [0.05, 0.1) is 12.9 Å². The van der Waals surface area contributed by atoms with Crippen molar-refractivity contribution in [1.82, 2.24) is 9.55 Å². The van der Waals surface area contributed by atoms with Crippen molar-refractivity contribution in [3.8, 4) is 0 Å². The van der Waals surface area contributed by atoms with Gasteiger partial charge < -0.3 is 4.57 Å². The van der Waals surface area contributed by atoms with Crippen molar-refractivity contribution < 1.29 is 4.79 Å². The number of benzene rings is 1. The minimum absolute atomic E-state index is 0.199. The van der Waals surface area contributed by atoms with Crippen molar-refractivity contribution in [3.05, 3.63) is 54.1 Å². The quantitative estimate of drug-likeness (QED) is 0.808. The Balaban J connectivity index is 1.95. The Morgan fingerprint density at radius 1 is 1.28 bits per heavy atom. The van der Waals surface area contributed by atoms with Gasteiger partial charge in [-0.05, 0) is 17.0 Å². The molecule has 0 saturated heterocycles. The summed E-state index contributed by atoms with van der Waals surface area (Å²) in [5.41, 5.74) is 2.38. The molecule has 0 aliphatic rings. The molecule has 18 heavy (non-hydrogen) atoms. The number of hydrogen-bond acceptors (Lipinski definition) is 2. The first-order chi connectivity index (χ1) is 8.65. The fourth-order valence-electron chi connectivity index (χ4n) is 1.89. The summed E-state index contributed by atoms with van der Waals surface area (Å²) in [6, 6.07) is 8.29. The lowest BCUT2D eigenvalue weighted by Gasteiger charge is -2.07. The molecule has 0 aliphatic carbocycles. The maximum atomic E-state index is 11.9. The van der Waals surface area contributed by atoms with E-state index in [0.717, 1.165) is 5.56 Å². The summed E-state index contributed by atoms with van der Waals surface area (Å²) in [6.45, 7) is 4.73. The number of nitrogens with zero attached hydrogens (tertiary/aromatic N) is 2. The highest BCUT2D eigenvalue weighted by molar-refractivity contribution is 5.80. The van der Waals surface area contributed by atoms with E-state index in [2.05, 4.69) is 31.0 Å². The van der Waals surface area contributed by atoms with Gasteiger partial charge in [-0.1, -0.05) is 38.1 Å². The third kappa shape index (κ3) is 3.29. The van der Waals surface area contributed by atoms with Gasteiger partial charge in [0.1, 0.15) is 0 Å². The highest BCUT2D eigenvalue weighted by Gasteiger charge is 2.05. The zero-order valence-corrected chi connectivity index (χ0v) is 10.8. The Labute approximate surface area is 107 Å². The second-order valence-corrected chi connectivity index (χ2v) is 4.85. The first-order valence-corrected chi connectivity index (χ1v) is 6.21. The van der Waals surface area contributed by atoms with E-state index >= 15 is 0 Å². The van der Waals surface area contributed by atoms with E-state index in [1.54, 1.807) is 23.3 Å². The summed E-state index contributed by atoms with van der Waals surface area (Å²) >= 11 is 0. The van der Waals surface area contributed by atoms with E-state index in [1.165, 1.54) is 5.56 Å². The van der Waals surface area contributed by atoms with Gasteiger partial charge in [0.2, 0.25) is 0 Å². The van der Waals surface area contributed by atoms with Crippen molar-refractivity contribution >= 4 is 5.78 Å². The average molecular weight is 242 g/mol. The number of rotatable bonds is 5. The van der Waals surface area contributed by atoms with Gasteiger partial charge in [0.25, 0.3) is 0 Å². The number of ketones is 1. The van der Waals surface area contributed by atoms with Gasteiger partial charge in [-0.25, -0.2) is 4.98 Å². The molecule has 0 spiro atoms. The molecule has 2 aromatic rings. The Kier molecular flexibility index (Phi) is 3.92. The van der Waals surface area contributed by atoms with E-state index in [4.69, 9.17) is 0 Å². The van der Waals surface area contributed by atoms with Crippen LogP contribution in [-0.2, 0) is 17.8 Å². The van der Waals surface area contributed by atoms with Crippen LogP contribution in [0.15, 0.2) is 43.0 Å². The smallest absolute Gasteiger partial charge is 0.156 e. The first kappa shape index (κ1) is 12.6. The van der Waals surface area contributed by atoms with Crippen LogP contribution in [0, 0.1) is 0 Å². The molecule has 0 saturated carbocycles. The molecule has 1 aromatic heterocycles. The maximum Gasteiger partial charge on any atom is 0.156 e. The van der Waals surface area contributed by atoms with E-state index in [0.29, 0.717) is 18.9 Å². The molecule has 2 rings (SSSR count). The third-order valence-corrected chi connectivity index (χ3v) is 2.97. The molecule has 0 atom stereocenters. The van der Waals surface area contributed by atoms with E-state index < -0.39 is 0 Å². The lowest BCUT2D eigenvalue weighted by atomic mass is 10.00. The van der Waals surface area contributed by atoms with Crippen LogP contribution in [0.5, 0.6) is 0 Å². The van der Waals surface area contributed by atoms with Crippen LogP contribution >= 0.6 is 0 Å². The molecular weight excluding hydrogens is 224 g/mol. The number of Topliss-reactive ketones (excluding diaryl/α,β-unsaturated/α-hetero) is 1. The van der Waals surface area contributed by atoms with Crippen LogP contribution in [0.25, 0.3) is 0 Å². The summed E-state index contributed by atoms with van der Waals surface area (Å²) in [6.07, 6.45) is 5.64. The lowest BCUT2D eigenvalue weighted by molar-refractivity contribution is -0.119. The second kappa shape index (κ2) is 5.63. The van der Waals surface area contributed by atoms with Gasteiger partial charge in [-0.3, -0.25) is 4.79 Å². The number of carbonyl (C=O) groups is 1. The summed E-state index contributed by atoms with van der Waals surface area (Å²) in [4.78, 5) is 15.8. The average Bonchev–Trinajstić information content (AvgIpc) is 2.82. The summed E-state index contributed by atoms with van der Waals surface area (Å²) < 4.78 is 1.80. The minimum atomic E-state index is 0.199. The zero-order valence-electron chi connectivity index (χ0n) is 10.8. The molecule has 1 heterocycles. The number of hydrogen-bond donors (Lipinski definition) is 0. The zero-order chi connectivity index (χ0) is 13.0. The van der Waals surface area contributed by atoms with Crippen molar-refractivity contribution in [3.63, 3.8) is 0 Å². The van der Waals surface area contributed by atoms with E-state index in [9.17, 15) is 4.79 Å². The number of aromatic nitrogens is 2. The molecule has 0 unspecified atom stereocenters. The largest absolute Gasteiger partial charge is 0.330 e. The fourth-order valence-corrected chi connectivity index (χ4v) is 1.89. The Morgan fingerprint density at radius 3 is 2.56 bits per heavy atom. The van der Waals surface area contributed by atoms with Crippen LogP contribution in [0.2, 0.25) is 0 Å². The summed E-state index contributed by atoms with van der Waals surface area (Å²) in [5.74, 6) is 0.728. The lowest BCUT2D eigenvalue weighted by Crippen LogP contribution is -2.11. The highest BCUT2D eigenvalue weighted by atomic mass is 16.1. The monoisotopic (exact) mass is 242 g/mol. The molecule has 0 aliphatic heterocycles. The van der Waals surface area contributed by atoms with Gasteiger partial charge >= 0.3 is 0 Å². The van der Waals surface area contributed by atoms with Crippen molar-refractivity contribution in [1.29, 1.82) is 0 Å². The Bertz CT molecular complexity index is 498. The Morgan fingerprint density at radius 2 is 2.00 bits per heavy atom. The van der Waals surface area contributed by atoms with E-state index in [-0.39, 0.29) is 5.78 Å². The van der Waals surface area contributed by atoms with Crippen molar-refractivity contribution in [2.24, 2.45) is 0 Å². The van der Waals surface area contributed by atoms with E-state index in [1.807, 2.05) is 12.1 Å². The predicted octanol–water partition coefficient (Wildman–Crippen LogP) is 2.82. The molecule has 3 nitrogen and oxygen atoms in total. The Hall–Kier alpha value is -1.90. The molecule has 3 heteroatoms. The topological polar surface area (TPSA) is 34.9 Å². The highest BCUT2D eigenvalue weighted by Crippen LogP contribution is 2.15. The van der Waals surface area contributed by atoms with Gasteiger partial charge in [-0.2, -0.15) is 0 Å². The number of imidazole rings is 1. The molecule has 0 amide bonds. The molecule has 0 fully saturated rings. The molecule has 94 valence electrons. The molecule has 1 aromatic carbocycles. The normalized spacial score (nSPS) is 10.8. The van der Waals surface area contributed by atoms with Crippen LogP contribution in [-0.4, -0.2) is 15.3 Å². The fraction of sp³-hybridized carbons (Fsp3) is 0.333. The van der Waals surface area contributed by atoms with Crippen LogP contribution in [0.1, 0.15) is 30.9 Å². The predicted molar refractivity (Wildman–Crippen MR) is 71.5 cm³/mol. The SMILES string of the molecule is CC(C)c1ccc(CC(=O)Cn2ccnc2)cc1. The molecular formula is C15H18N2O. The summed E-state index contributed by atoms with van der Waals surface area (Å²) in [5, 5.41) is 0. The standard InChI is InChI=1S/C15H18N2O/c1-12(2)14-5-3-13(4-6-14)9-15(18)10-17-8-7-16-11-17/h3-8,11-12H,9-10H2,1-2H3. The molecule has 0 radical (unpaired) electrons. The summed E-state index contributed by atoms with van der Waals surface area (Å²) in [7, 11) is 0. The van der Waals surface area contributed by atoms with Crippen LogP contribution < -0.4 is 0 Å². The third-order valence-electron chi connectivity index (χ3n) is 2.97. The second-order valence-electron chi connectivity index (χ2n) is 4.85.